The molecule has 2 aliphatic carbocycles. The summed E-state index contributed by atoms with van der Waals surface area (Å²) >= 11 is 0. The Hall–Kier alpha value is -2.61. The summed E-state index contributed by atoms with van der Waals surface area (Å²) in [4.78, 5) is 35.5. The molecule has 1 heterocycles. The lowest BCUT2D eigenvalue weighted by molar-refractivity contribution is -0.159. The number of piperazine rings is 1. The second-order valence-electron chi connectivity index (χ2n) is 7.91. The van der Waals surface area contributed by atoms with Crippen molar-refractivity contribution in [1.82, 2.24) is 9.80 Å². The predicted molar refractivity (Wildman–Crippen MR) is 105 cm³/mol. The lowest BCUT2D eigenvalue weighted by Gasteiger charge is -2.41. The van der Waals surface area contributed by atoms with Gasteiger partial charge in [0.25, 0.3) is 5.91 Å². The van der Waals surface area contributed by atoms with Crippen LogP contribution in [0.25, 0.3) is 0 Å². The lowest BCUT2D eigenvalue weighted by Crippen LogP contribution is -2.53. The van der Waals surface area contributed by atoms with Crippen LogP contribution in [0.5, 0.6) is 5.75 Å². The summed E-state index contributed by atoms with van der Waals surface area (Å²) < 4.78 is 5.16. The molecule has 1 aromatic rings. The number of methoxy groups -OCH3 is 1. The van der Waals surface area contributed by atoms with Crippen LogP contribution in [-0.2, 0) is 9.59 Å². The Morgan fingerprint density at radius 1 is 0.931 bits per heavy atom. The molecule has 3 unspecified atom stereocenters. The van der Waals surface area contributed by atoms with Crippen molar-refractivity contribution >= 4 is 17.8 Å². The van der Waals surface area contributed by atoms with Crippen molar-refractivity contribution in [3.05, 3.63) is 29.8 Å². The average molecular weight is 404 g/mol. The first-order chi connectivity index (χ1) is 13.9. The zero-order chi connectivity index (χ0) is 21.0. The van der Waals surface area contributed by atoms with Crippen LogP contribution in [-0.4, -0.2) is 77.2 Å². The molecule has 1 saturated heterocycles. The number of ether oxygens (including phenoxy) is 1. The van der Waals surface area contributed by atoms with E-state index in [1.165, 1.54) is 25.7 Å². The molecule has 8 nitrogen and oxygen atoms in total. The Bertz CT molecular complexity index is 730. The summed E-state index contributed by atoms with van der Waals surface area (Å²) in [5.41, 5.74) is 0.763. The minimum Gasteiger partial charge on any atom is -0.497 e. The van der Waals surface area contributed by atoms with Gasteiger partial charge in [-0.15, -0.1) is 0 Å². The molecular formula is C21H28N2O6. The van der Waals surface area contributed by atoms with Crippen LogP contribution in [0.1, 0.15) is 36.0 Å². The minimum atomic E-state index is -1.82. The van der Waals surface area contributed by atoms with Crippen LogP contribution in [0.2, 0.25) is 0 Å². The van der Waals surface area contributed by atoms with Gasteiger partial charge in [0, 0.05) is 37.8 Å². The average Bonchev–Trinajstić information content (AvgIpc) is 3.37. The van der Waals surface area contributed by atoms with E-state index in [-0.39, 0.29) is 5.91 Å². The topological polar surface area (TPSA) is 107 Å². The summed E-state index contributed by atoms with van der Waals surface area (Å²) in [5, 5.41) is 14.8. The number of hydrogen-bond acceptors (Lipinski definition) is 5. The van der Waals surface area contributed by atoms with E-state index in [0.717, 1.165) is 55.4 Å². The van der Waals surface area contributed by atoms with Gasteiger partial charge in [-0.2, -0.15) is 0 Å². The predicted octanol–water partition coefficient (Wildman–Crippen LogP) is 1.80. The summed E-state index contributed by atoms with van der Waals surface area (Å²) in [6.07, 6.45) is 5.74. The van der Waals surface area contributed by atoms with Crippen molar-refractivity contribution in [3.63, 3.8) is 0 Å². The standard InChI is InChI=1S/C19H26N2O2.C2H2O4/c1-23-17-6-4-15(5-7-17)19(22)21-10-8-20(9-11-21)18-13-14-2-3-16(18)12-14;3-1(4)2(5)6/h4-7,14,16,18H,2-3,8-13H2,1H3;(H,3,4)(H,5,6). The monoisotopic (exact) mass is 404 g/mol. The first kappa shape index (κ1) is 21.1. The Kier molecular flexibility index (Phi) is 6.74. The third-order valence-electron chi connectivity index (χ3n) is 6.29. The minimum absolute atomic E-state index is 0.153. The number of carboxylic acid groups (broad SMARTS) is 2. The molecule has 3 fully saturated rings. The van der Waals surface area contributed by atoms with Crippen molar-refractivity contribution in [1.29, 1.82) is 0 Å². The molecule has 0 radical (unpaired) electrons. The van der Waals surface area contributed by atoms with Gasteiger partial charge in [-0.3, -0.25) is 9.69 Å². The van der Waals surface area contributed by atoms with Gasteiger partial charge in [0.2, 0.25) is 0 Å². The maximum atomic E-state index is 12.6. The molecule has 1 aromatic carbocycles. The number of carbonyl (C=O) groups is 3. The Labute approximate surface area is 170 Å². The van der Waals surface area contributed by atoms with Gasteiger partial charge in [-0.1, -0.05) is 6.42 Å². The number of nitrogens with zero attached hydrogens (tertiary/aromatic N) is 2. The maximum Gasteiger partial charge on any atom is 0.414 e. The molecular weight excluding hydrogens is 376 g/mol. The van der Waals surface area contributed by atoms with Gasteiger partial charge >= 0.3 is 11.9 Å². The molecule has 0 spiro atoms. The van der Waals surface area contributed by atoms with E-state index < -0.39 is 11.9 Å². The first-order valence-corrected chi connectivity index (χ1v) is 10.0. The SMILES string of the molecule is COc1ccc(C(=O)N2CCN(C3CC4CCC3C4)CC2)cc1.O=C(O)C(=O)O. The molecule has 3 atom stereocenters. The molecule has 0 aromatic heterocycles. The summed E-state index contributed by atoms with van der Waals surface area (Å²) in [7, 11) is 1.64. The number of carbonyl (C=O) groups excluding carboxylic acids is 1. The Morgan fingerprint density at radius 2 is 1.55 bits per heavy atom. The smallest absolute Gasteiger partial charge is 0.414 e. The highest BCUT2D eigenvalue weighted by Crippen LogP contribution is 2.46. The lowest BCUT2D eigenvalue weighted by atomic mass is 9.93. The number of aliphatic carboxylic acids is 2. The molecule has 29 heavy (non-hydrogen) atoms. The quantitative estimate of drug-likeness (QED) is 0.740. The fourth-order valence-corrected chi connectivity index (χ4v) is 4.83. The van der Waals surface area contributed by atoms with Crippen LogP contribution < -0.4 is 4.74 Å². The second kappa shape index (κ2) is 9.26. The van der Waals surface area contributed by atoms with Gasteiger partial charge in [0.1, 0.15) is 5.75 Å². The molecule has 158 valence electrons. The number of hydrogen-bond donors (Lipinski definition) is 2. The molecule has 8 heteroatoms. The summed E-state index contributed by atoms with van der Waals surface area (Å²) in [6.45, 7) is 3.79. The van der Waals surface area contributed by atoms with Gasteiger partial charge in [-0.05, 0) is 55.4 Å². The zero-order valence-corrected chi connectivity index (χ0v) is 16.6. The van der Waals surface area contributed by atoms with Crippen molar-refractivity contribution < 1.29 is 29.3 Å². The van der Waals surface area contributed by atoms with E-state index in [1.54, 1.807) is 7.11 Å². The number of benzene rings is 1. The molecule has 1 amide bonds. The number of amides is 1. The molecule has 2 N–H and O–H groups in total. The van der Waals surface area contributed by atoms with E-state index in [0.29, 0.717) is 0 Å². The number of carboxylic acids is 2. The van der Waals surface area contributed by atoms with Crippen molar-refractivity contribution in [2.24, 2.45) is 11.8 Å². The number of rotatable bonds is 3. The highest BCUT2D eigenvalue weighted by atomic mass is 16.5. The first-order valence-electron chi connectivity index (χ1n) is 10.0. The highest BCUT2D eigenvalue weighted by molar-refractivity contribution is 6.27. The highest BCUT2D eigenvalue weighted by Gasteiger charge is 2.42. The van der Waals surface area contributed by atoms with Crippen LogP contribution >= 0.6 is 0 Å². The molecule has 1 aliphatic heterocycles. The summed E-state index contributed by atoms with van der Waals surface area (Å²) in [5.74, 6) is -0.777. The van der Waals surface area contributed by atoms with Crippen molar-refractivity contribution in [2.45, 2.75) is 31.7 Å². The normalized spacial score (nSPS) is 25.8. The van der Waals surface area contributed by atoms with Crippen molar-refractivity contribution in [3.8, 4) is 5.75 Å². The van der Waals surface area contributed by atoms with E-state index >= 15 is 0 Å². The van der Waals surface area contributed by atoms with Gasteiger partial charge in [0.05, 0.1) is 7.11 Å². The van der Waals surface area contributed by atoms with Gasteiger partial charge < -0.3 is 19.8 Å². The van der Waals surface area contributed by atoms with E-state index in [4.69, 9.17) is 24.5 Å². The van der Waals surface area contributed by atoms with E-state index in [2.05, 4.69) is 4.90 Å². The fourth-order valence-electron chi connectivity index (χ4n) is 4.83. The third-order valence-corrected chi connectivity index (χ3v) is 6.29. The molecule has 3 aliphatic rings. The van der Waals surface area contributed by atoms with Crippen LogP contribution in [0, 0.1) is 11.8 Å². The maximum absolute atomic E-state index is 12.6. The second-order valence-corrected chi connectivity index (χ2v) is 7.91. The molecule has 2 saturated carbocycles. The summed E-state index contributed by atoms with van der Waals surface area (Å²) in [6, 6.07) is 8.25. The Balaban J connectivity index is 0.000000353. The largest absolute Gasteiger partial charge is 0.497 e. The fraction of sp³-hybridized carbons (Fsp3) is 0.571. The van der Waals surface area contributed by atoms with Crippen molar-refractivity contribution in [2.75, 3.05) is 33.3 Å². The van der Waals surface area contributed by atoms with E-state index in [9.17, 15) is 4.79 Å². The van der Waals surface area contributed by atoms with Crippen LogP contribution in [0.4, 0.5) is 0 Å². The molecule has 2 bridgehead atoms. The number of fused-ring (bicyclic) bond motifs is 2. The van der Waals surface area contributed by atoms with Gasteiger partial charge in [-0.25, -0.2) is 9.59 Å². The van der Waals surface area contributed by atoms with E-state index in [1.807, 2.05) is 29.2 Å². The van der Waals surface area contributed by atoms with Crippen LogP contribution in [0.15, 0.2) is 24.3 Å². The Morgan fingerprint density at radius 3 is 2.00 bits per heavy atom. The third kappa shape index (κ3) is 5.06. The molecule has 4 rings (SSSR count). The zero-order valence-electron chi connectivity index (χ0n) is 16.6. The van der Waals surface area contributed by atoms with Gasteiger partial charge in [0.15, 0.2) is 0 Å². The van der Waals surface area contributed by atoms with Crippen LogP contribution in [0.3, 0.4) is 0 Å².